The Morgan fingerprint density at radius 1 is 1.23 bits per heavy atom. The molecule has 7 heteroatoms. The Kier molecular flexibility index (Phi) is 5.09. The summed E-state index contributed by atoms with van der Waals surface area (Å²) in [7, 11) is 0. The van der Waals surface area contributed by atoms with Gasteiger partial charge in [0, 0.05) is 11.9 Å². The van der Waals surface area contributed by atoms with E-state index in [2.05, 4.69) is 10.4 Å². The molecule has 134 valence electrons. The number of halogens is 1. The molecule has 6 nitrogen and oxygen atoms in total. The topological polar surface area (TPSA) is 84.2 Å². The lowest BCUT2D eigenvalue weighted by Crippen LogP contribution is -2.36. The van der Waals surface area contributed by atoms with Crippen molar-refractivity contribution < 1.29 is 14.3 Å². The molecule has 3 rings (SSSR count). The Morgan fingerprint density at radius 3 is 2.69 bits per heavy atom. The van der Waals surface area contributed by atoms with E-state index in [0.717, 1.165) is 10.1 Å². The second kappa shape index (κ2) is 7.45. The summed E-state index contributed by atoms with van der Waals surface area (Å²) in [4.78, 5) is 24.6. The maximum Gasteiger partial charge on any atom is 0.275 e. The number of hydrogen-bond acceptors (Lipinski definition) is 4. The molecule has 0 aliphatic rings. The van der Waals surface area contributed by atoms with Crippen molar-refractivity contribution in [2.75, 3.05) is 6.54 Å². The normalized spacial score (nSPS) is 12.1. The third-order valence-electron chi connectivity index (χ3n) is 4.07. The monoisotopic (exact) mass is 355 g/mol. The van der Waals surface area contributed by atoms with Gasteiger partial charge in [-0.15, -0.1) is 0 Å². The fourth-order valence-electron chi connectivity index (χ4n) is 2.75. The third kappa shape index (κ3) is 3.78. The van der Waals surface area contributed by atoms with Crippen LogP contribution in [0.2, 0.25) is 0 Å². The second-order valence-corrected chi connectivity index (χ2v) is 5.97. The minimum Gasteiger partial charge on any atom is -0.387 e. The predicted molar refractivity (Wildman–Crippen MR) is 95.1 cm³/mol. The van der Waals surface area contributed by atoms with Crippen molar-refractivity contribution in [3.8, 4) is 0 Å². The fraction of sp³-hybridized carbons (Fsp3) is 0.211. The zero-order chi connectivity index (χ0) is 18.7. The molecule has 1 atom stereocenters. The van der Waals surface area contributed by atoms with E-state index in [4.69, 9.17) is 0 Å². The fourth-order valence-corrected chi connectivity index (χ4v) is 2.75. The molecule has 26 heavy (non-hydrogen) atoms. The maximum absolute atomic E-state index is 13.2. The number of fused-ring (bicyclic) bond motifs is 1. The molecule has 0 saturated carbocycles. The first-order valence-electron chi connectivity index (χ1n) is 8.12. The SMILES string of the molecule is Cc1nn(CC(=O)NCC(O)c2cccc(F)c2)c(=O)c2ccccc12. The Bertz CT molecular complexity index is 1020. The molecule has 2 aromatic carbocycles. The summed E-state index contributed by atoms with van der Waals surface area (Å²) in [5, 5.41) is 18.0. The number of amides is 1. The highest BCUT2D eigenvalue weighted by Crippen LogP contribution is 2.13. The van der Waals surface area contributed by atoms with Gasteiger partial charge in [0.15, 0.2) is 0 Å². The number of carbonyl (C=O) groups excluding carboxylic acids is 1. The summed E-state index contributed by atoms with van der Waals surface area (Å²) in [6.45, 7) is 1.41. The molecular formula is C19H18FN3O3. The smallest absolute Gasteiger partial charge is 0.275 e. The molecule has 0 radical (unpaired) electrons. The van der Waals surface area contributed by atoms with Crippen LogP contribution in [0.5, 0.6) is 0 Å². The van der Waals surface area contributed by atoms with Crippen molar-refractivity contribution in [3.63, 3.8) is 0 Å². The van der Waals surface area contributed by atoms with Gasteiger partial charge in [0.2, 0.25) is 5.91 Å². The number of aromatic nitrogens is 2. The van der Waals surface area contributed by atoms with Gasteiger partial charge in [0.25, 0.3) is 5.56 Å². The van der Waals surface area contributed by atoms with E-state index >= 15 is 0 Å². The van der Waals surface area contributed by atoms with E-state index in [9.17, 15) is 19.1 Å². The maximum atomic E-state index is 13.2. The Labute approximate surface area is 148 Å². The highest BCUT2D eigenvalue weighted by Gasteiger charge is 2.13. The van der Waals surface area contributed by atoms with Crippen LogP contribution in [0.4, 0.5) is 4.39 Å². The van der Waals surface area contributed by atoms with Gasteiger partial charge < -0.3 is 10.4 Å². The molecular weight excluding hydrogens is 337 g/mol. The third-order valence-corrected chi connectivity index (χ3v) is 4.07. The van der Waals surface area contributed by atoms with Gasteiger partial charge in [-0.3, -0.25) is 9.59 Å². The summed E-state index contributed by atoms with van der Waals surface area (Å²) in [6, 6.07) is 12.6. The van der Waals surface area contributed by atoms with E-state index in [1.54, 1.807) is 31.2 Å². The molecule has 0 saturated heterocycles. The van der Waals surface area contributed by atoms with Crippen LogP contribution in [0.25, 0.3) is 10.8 Å². The zero-order valence-electron chi connectivity index (χ0n) is 14.1. The van der Waals surface area contributed by atoms with Crippen LogP contribution in [0, 0.1) is 12.7 Å². The first kappa shape index (κ1) is 17.8. The molecule has 1 amide bonds. The van der Waals surface area contributed by atoms with Crippen LogP contribution in [0.15, 0.2) is 53.3 Å². The van der Waals surface area contributed by atoms with Crippen LogP contribution in [0.1, 0.15) is 17.4 Å². The first-order valence-corrected chi connectivity index (χ1v) is 8.12. The van der Waals surface area contributed by atoms with E-state index < -0.39 is 17.8 Å². The van der Waals surface area contributed by atoms with Gasteiger partial charge >= 0.3 is 0 Å². The van der Waals surface area contributed by atoms with E-state index in [1.165, 1.54) is 18.2 Å². The minimum absolute atomic E-state index is 0.0937. The molecule has 0 spiro atoms. The molecule has 3 aromatic rings. The largest absolute Gasteiger partial charge is 0.387 e. The molecule has 1 aromatic heterocycles. The summed E-state index contributed by atoms with van der Waals surface area (Å²) in [5.74, 6) is -0.931. The van der Waals surface area contributed by atoms with Gasteiger partial charge in [-0.25, -0.2) is 9.07 Å². The molecule has 0 aliphatic heterocycles. The summed E-state index contributed by atoms with van der Waals surface area (Å²) in [5.41, 5.74) is 0.655. The summed E-state index contributed by atoms with van der Waals surface area (Å²) < 4.78 is 14.3. The van der Waals surface area contributed by atoms with Gasteiger partial charge in [-0.2, -0.15) is 5.10 Å². The van der Waals surface area contributed by atoms with E-state index in [0.29, 0.717) is 16.6 Å². The van der Waals surface area contributed by atoms with Gasteiger partial charge in [-0.1, -0.05) is 30.3 Å². The zero-order valence-corrected chi connectivity index (χ0v) is 14.1. The Morgan fingerprint density at radius 2 is 1.96 bits per heavy atom. The molecule has 1 heterocycles. The number of aryl methyl sites for hydroxylation is 1. The van der Waals surface area contributed by atoms with Crippen LogP contribution < -0.4 is 10.9 Å². The number of aliphatic hydroxyl groups is 1. The lowest BCUT2D eigenvalue weighted by Gasteiger charge is -2.13. The molecule has 0 fully saturated rings. The second-order valence-electron chi connectivity index (χ2n) is 5.97. The van der Waals surface area contributed by atoms with Gasteiger partial charge in [0.05, 0.1) is 17.2 Å². The van der Waals surface area contributed by atoms with Crippen molar-refractivity contribution in [3.05, 3.63) is 76.0 Å². The number of rotatable bonds is 5. The Balaban J connectivity index is 1.70. The molecule has 1 unspecified atom stereocenters. The van der Waals surface area contributed by atoms with E-state index in [1.807, 2.05) is 6.07 Å². The first-order chi connectivity index (χ1) is 12.5. The average Bonchev–Trinajstić information content (AvgIpc) is 2.64. The van der Waals surface area contributed by atoms with Gasteiger partial charge in [0.1, 0.15) is 12.4 Å². The number of hydrogen-bond donors (Lipinski definition) is 2. The minimum atomic E-state index is -1.04. The van der Waals surface area contributed by atoms with Crippen LogP contribution in [-0.2, 0) is 11.3 Å². The van der Waals surface area contributed by atoms with Gasteiger partial charge in [-0.05, 0) is 30.7 Å². The van der Waals surface area contributed by atoms with Crippen molar-refractivity contribution in [2.45, 2.75) is 19.6 Å². The van der Waals surface area contributed by atoms with Crippen LogP contribution in [-0.4, -0.2) is 27.3 Å². The number of benzene rings is 2. The van der Waals surface area contributed by atoms with Crippen molar-refractivity contribution in [1.82, 2.24) is 15.1 Å². The number of aliphatic hydroxyl groups excluding tert-OH is 1. The summed E-state index contributed by atoms with van der Waals surface area (Å²) in [6.07, 6.45) is -1.04. The number of nitrogens with one attached hydrogen (secondary N) is 1. The van der Waals surface area contributed by atoms with Crippen LogP contribution >= 0.6 is 0 Å². The molecule has 0 aliphatic carbocycles. The molecule has 2 N–H and O–H groups in total. The Hall–Kier alpha value is -3.06. The highest BCUT2D eigenvalue weighted by molar-refractivity contribution is 5.83. The standard InChI is InChI=1S/C19H18FN3O3/c1-12-15-7-2-3-8-16(15)19(26)23(22-12)11-18(25)21-10-17(24)13-5-4-6-14(20)9-13/h2-9,17,24H,10-11H2,1H3,(H,21,25). The lowest BCUT2D eigenvalue weighted by molar-refractivity contribution is -0.122. The summed E-state index contributed by atoms with van der Waals surface area (Å²) >= 11 is 0. The van der Waals surface area contributed by atoms with Crippen molar-refractivity contribution >= 4 is 16.7 Å². The number of nitrogens with zero attached hydrogens (tertiary/aromatic N) is 2. The highest BCUT2D eigenvalue weighted by atomic mass is 19.1. The van der Waals surface area contributed by atoms with E-state index in [-0.39, 0.29) is 18.6 Å². The van der Waals surface area contributed by atoms with Crippen molar-refractivity contribution in [1.29, 1.82) is 0 Å². The van der Waals surface area contributed by atoms with Crippen LogP contribution in [0.3, 0.4) is 0 Å². The average molecular weight is 355 g/mol. The quantitative estimate of drug-likeness (QED) is 0.730. The lowest BCUT2D eigenvalue weighted by atomic mass is 10.1. The van der Waals surface area contributed by atoms with Crippen molar-refractivity contribution in [2.24, 2.45) is 0 Å². The number of carbonyl (C=O) groups is 1. The molecule has 0 bridgehead atoms. The predicted octanol–water partition coefficient (Wildman–Crippen LogP) is 1.69.